The Morgan fingerprint density at radius 3 is 2.52 bits per heavy atom. The number of hydrazine groups is 1. The topological polar surface area (TPSA) is 66.9 Å². The highest BCUT2D eigenvalue weighted by Crippen LogP contribution is 2.27. The van der Waals surface area contributed by atoms with Gasteiger partial charge in [0.05, 0.1) is 17.5 Å². The van der Waals surface area contributed by atoms with Gasteiger partial charge in [-0.05, 0) is 36.5 Å². The summed E-state index contributed by atoms with van der Waals surface area (Å²) in [6.07, 6.45) is 0.466. The van der Waals surface area contributed by atoms with Gasteiger partial charge in [0.15, 0.2) is 16.4 Å². The van der Waals surface area contributed by atoms with Crippen LogP contribution in [0.3, 0.4) is 0 Å². The third-order valence-electron chi connectivity index (χ3n) is 4.38. The molecule has 1 aromatic carbocycles. The molecule has 0 unspecified atom stereocenters. The lowest BCUT2D eigenvalue weighted by molar-refractivity contribution is -0.151. The highest BCUT2D eigenvalue weighted by Gasteiger charge is 2.36. The van der Waals surface area contributed by atoms with Crippen LogP contribution >= 0.6 is 0 Å². The van der Waals surface area contributed by atoms with E-state index in [0.29, 0.717) is 12.2 Å². The minimum absolute atomic E-state index is 0.0125. The van der Waals surface area contributed by atoms with E-state index in [1.165, 1.54) is 5.01 Å². The molecule has 25 heavy (non-hydrogen) atoms. The largest absolute Gasteiger partial charge is 0.483 e. The zero-order valence-corrected chi connectivity index (χ0v) is 16.5. The summed E-state index contributed by atoms with van der Waals surface area (Å²) >= 11 is 0. The van der Waals surface area contributed by atoms with Crippen molar-refractivity contribution in [1.29, 1.82) is 0 Å². The summed E-state index contributed by atoms with van der Waals surface area (Å²) < 4.78 is 29.3. The first-order chi connectivity index (χ1) is 11.6. The van der Waals surface area contributed by atoms with Gasteiger partial charge in [0.25, 0.3) is 5.91 Å². The molecule has 0 spiro atoms. The summed E-state index contributed by atoms with van der Waals surface area (Å²) in [5, 5.41) is 3.16. The SMILES string of the molecule is Cc1ccc(C(C)C)c(OCC(=O)N([C@@H]2CCS(=O)(=O)C2)N(C)C)c1. The Morgan fingerprint density at radius 1 is 1.32 bits per heavy atom. The van der Waals surface area contributed by atoms with E-state index in [4.69, 9.17) is 4.74 Å². The summed E-state index contributed by atoms with van der Waals surface area (Å²) in [4.78, 5) is 12.7. The highest BCUT2D eigenvalue weighted by molar-refractivity contribution is 7.91. The van der Waals surface area contributed by atoms with E-state index in [2.05, 4.69) is 13.8 Å². The highest BCUT2D eigenvalue weighted by atomic mass is 32.2. The minimum atomic E-state index is -3.06. The number of hydrogen-bond donors (Lipinski definition) is 0. The lowest BCUT2D eigenvalue weighted by atomic mass is 10.0. The summed E-state index contributed by atoms with van der Waals surface area (Å²) in [6, 6.07) is 5.66. The molecule has 0 aliphatic carbocycles. The molecule has 0 bridgehead atoms. The van der Waals surface area contributed by atoms with Crippen LogP contribution in [0.25, 0.3) is 0 Å². The maximum Gasteiger partial charge on any atom is 0.275 e. The van der Waals surface area contributed by atoms with Crippen molar-refractivity contribution < 1.29 is 17.9 Å². The van der Waals surface area contributed by atoms with Crippen LogP contribution in [-0.2, 0) is 14.6 Å². The van der Waals surface area contributed by atoms with Crippen LogP contribution in [0.2, 0.25) is 0 Å². The monoisotopic (exact) mass is 368 g/mol. The Morgan fingerprint density at radius 2 is 2.00 bits per heavy atom. The smallest absolute Gasteiger partial charge is 0.275 e. The molecule has 1 amide bonds. The molecule has 1 aliphatic heterocycles. The van der Waals surface area contributed by atoms with Gasteiger partial charge in [0.2, 0.25) is 0 Å². The molecular weight excluding hydrogens is 340 g/mol. The Kier molecular flexibility index (Phi) is 6.11. The summed E-state index contributed by atoms with van der Waals surface area (Å²) in [6.45, 7) is 6.02. The van der Waals surface area contributed by atoms with Crippen LogP contribution in [0.4, 0.5) is 0 Å². The molecule has 1 fully saturated rings. The van der Waals surface area contributed by atoms with E-state index in [1.807, 2.05) is 25.1 Å². The first kappa shape index (κ1) is 19.7. The fourth-order valence-electron chi connectivity index (χ4n) is 3.17. The molecule has 0 saturated carbocycles. The van der Waals surface area contributed by atoms with Crippen molar-refractivity contribution >= 4 is 15.7 Å². The number of benzene rings is 1. The zero-order chi connectivity index (χ0) is 18.8. The van der Waals surface area contributed by atoms with Gasteiger partial charge in [-0.2, -0.15) is 0 Å². The van der Waals surface area contributed by atoms with Crippen LogP contribution in [0, 0.1) is 6.92 Å². The van der Waals surface area contributed by atoms with Gasteiger partial charge in [0, 0.05) is 14.1 Å². The summed E-state index contributed by atoms with van der Waals surface area (Å²) in [7, 11) is 0.431. The summed E-state index contributed by atoms with van der Waals surface area (Å²) in [5.41, 5.74) is 2.12. The number of carbonyl (C=O) groups is 1. The van der Waals surface area contributed by atoms with E-state index in [-0.39, 0.29) is 36.0 Å². The lowest BCUT2D eigenvalue weighted by Gasteiger charge is -2.33. The molecule has 1 aliphatic rings. The fourth-order valence-corrected chi connectivity index (χ4v) is 4.86. The number of rotatable bonds is 6. The predicted octanol–water partition coefficient (Wildman–Crippen LogP) is 1.99. The van der Waals surface area contributed by atoms with Crippen LogP contribution in [0.15, 0.2) is 18.2 Å². The van der Waals surface area contributed by atoms with Crippen molar-refractivity contribution in [2.45, 2.75) is 39.2 Å². The maximum absolute atomic E-state index is 12.7. The van der Waals surface area contributed by atoms with Gasteiger partial charge in [-0.15, -0.1) is 0 Å². The standard InChI is InChI=1S/C18H28N2O4S/c1-13(2)16-7-6-14(3)10-17(16)24-11-18(21)20(19(4)5)15-8-9-25(22,23)12-15/h6-7,10,13,15H,8-9,11-12H2,1-5H3/t15-/m1/s1. The van der Waals surface area contributed by atoms with E-state index < -0.39 is 9.84 Å². The second kappa shape index (κ2) is 7.74. The molecular formula is C18H28N2O4S. The molecule has 1 aromatic rings. The second-order valence-corrected chi connectivity index (χ2v) is 9.36. The van der Waals surface area contributed by atoms with Crippen molar-refractivity contribution in [2.75, 3.05) is 32.2 Å². The van der Waals surface area contributed by atoms with Gasteiger partial charge >= 0.3 is 0 Å². The molecule has 6 nitrogen and oxygen atoms in total. The predicted molar refractivity (Wildman–Crippen MR) is 98.4 cm³/mol. The maximum atomic E-state index is 12.7. The molecule has 7 heteroatoms. The number of carbonyl (C=O) groups excluding carboxylic acids is 1. The normalized spacial score (nSPS) is 19.4. The molecule has 1 saturated heterocycles. The first-order valence-corrected chi connectivity index (χ1v) is 10.4. The van der Waals surface area contributed by atoms with Crippen LogP contribution in [0.1, 0.15) is 37.3 Å². The Labute approximate surface area is 150 Å². The third-order valence-corrected chi connectivity index (χ3v) is 6.13. The van der Waals surface area contributed by atoms with E-state index in [9.17, 15) is 13.2 Å². The molecule has 0 N–H and O–H groups in total. The average molecular weight is 368 g/mol. The van der Waals surface area contributed by atoms with Crippen LogP contribution in [-0.4, -0.2) is 62.6 Å². The molecule has 140 valence electrons. The lowest BCUT2D eigenvalue weighted by Crippen LogP contribution is -2.51. The van der Waals surface area contributed by atoms with Crippen molar-refractivity contribution in [3.8, 4) is 5.75 Å². The number of aryl methyl sites for hydroxylation is 1. The average Bonchev–Trinajstić information content (AvgIpc) is 2.84. The minimum Gasteiger partial charge on any atom is -0.483 e. The Bertz CT molecular complexity index is 729. The first-order valence-electron chi connectivity index (χ1n) is 8.54. The molecule has 1 heterocycles. The van der Waals surface area contributed by atoms with Crippen molar-refractivity contribution in [1.82, 2.24) is 10.0 Å². The van der Waals surface area contributed by atoms with E-state index in [0.717, 1.165) is 11.1 Å². The zero-order valence-electron chi connectivity index (χ0n) is 15.7. The Hall–Kier alpha value is -1.60. The Balaban J connectivity index is 2.11. The van der Waals surface area contributed by atoms with Crippen molar-refractivity contribution in [3.63, 3.8) is 0 Å². The van der Waals surface area contributed by atoms with Crippen LogP contribution in [0.5, 0.6) is 5.75 Å². The second-order valence-electron chi connectivity index (χ2n) is 7.13. The van der Waals surface area contributed by atoms with Gasteiger partial charge in [0.1, 0.15) is 5.75 Å². The van der Waals surface area contributed by atoms with Gasteiger partial charge in [-0.3, -0.25) is 9.80 Å². The summed E-state index contributed by atoms with van der Waals surface area (Å²) in [5.74, 6) is 0.907. The number of nitrogens with zero attached hydrogens (tertiary/aromatic N) is 2. The molecule has 0 aromatic heterocycles. The molecule has 2 rings (SSSR count). The number of sulfone groups is 1. The quantitative estimate of drug-likeness (QED) is 0.719. The third kappa shape index (κ3) is 4.95. The van der Waals surface area contributed by atoms with Gasteiger partial charge in [-0.25, -0.2) is 13.4 Å². The van der Waals surface area contributed by atoms with Gasteiger partial charge in [-0.1, -0.05) is 26.0 Å². The van der Waals surface area contributed by atoms with Crippen molar-refractivity contribution in [2.24, 2.45) is 0 Å². The van der Waals surface area contributed by atoms with Gasteiger partial charge < -0.3 is 4.74 Å². The van der Waals surface area contributed by atoms with E-state index in [1.54, 1.807) is 19.1 Å². The fraction of sp³-hybridized carbons (Fsp3) is 0.611. The number of amides is 1. The number of hydrogen-bond acceptors (Lipinski definition) is 5. The van der Waals surface area contributed by atoms with Crippen molar-refractivity contribution in [3.05, 3.63) is 29.3 Å². The van der Waals surface area contributed by atoms with E-state index >= 15 is 0 Å². The molecule has 1 atom stereocenters. The van der Waals surface area contributed by atoms with Crippen LogP contribution < -0.4 is 4.74 Å². The molecule has 0 radical (unpaired) electrons. The number of ether oxygens (including phenoxy) is 1.